The number of nitrogens with one attached hydrogen (secondary N) is 1. The van der Waals surface area contributed by atoms with Gasteiger partial charge in [-0.05, 0) is 37.1 Å². The van der Waals surface area contributed by atoms with Gasteiger partial charge in [-0.1, -0.05) is 67.8 Å². The molecule has 1 N–H and O–H groups in total. The van der Waals surface area contributed by atoms with Gasteiger partial charge in [-0.2, -0.15) is 0 Å². The number of hydrogen-bond donors (Lipinski definition) is 1. The van der Waals surface area contributed by atoms with Crippen molar-refractivity contribution in [2.45, 2.75) is 65.2 Å². The van der Waals surface area contributed by atoms with E-state index in [1.807, 2.05) is 0 Å². The predicted octanol–water partition coefficient (Wildman–Crippen LogP) is 6.31. The van der Waals surface area contributed by atoms with Crippen LogP contribution in [-0.4, -0.2) is 6.54 Å². The molecule has 1 rings (SSSR count). The molecule has 1 aromatic rings. The van der Waals surface area contributed by atoms with Gasteiger partial charge in [-0.25, -0.2) is 0 Å². The first-order valence-electron chi connectivity index (χ1n) is 7.74. The first kappa shape index (κ1) is 16.6. The van der Waals surface area contributed by atoms with E-state index < -0.39 is 0 Å². The fourth-order valence-corrected chi connectivity index (χ4v) is 2.78. The normalized spacial score (nSPS) is 10.7. The number of unbranched alkanes of at least 4 members (excludes halogenated alkanes) is 7. The second-order valence-electron chi connectivity index (χ2n) is 5.36. The zero-order valence-corrected chi connectivity index (χ0v) is 14.1. The summed E-state index contributed by atoms with van der Waals surface area (Å²) in [5.41, 5.74) is 2.58. The summed E-state index contributed by atoms with van der Waals surface area (Å²) >= 11 is 3.50. The summed E-state index contributed by atoms with van der Waals surface area (Å²) in [6, 6.07) is 6.42. The first-order valence-corrected chi connectivity index (χ1v) is 8.53. The van der Waals surface area contributed by atoms with Crippen molar-refractivity contribution >= 4 is 21.6 Å². The molecule has 1 aromatic carbocycles. The number of benzene rings is 1. The Bertz CT molecular complexity index is 349. The third kappa shape index (κ3) is 7.61. The van der Waals surface area contributed by atoms with Gasteiger partial charge in [0.15, 0.2) is 0 Å². The Morgan fingerprint density at radius 2 is 1.58 bits per heavy atom. The van der Waals surface area contributed by atoms with Crippen molar-refractivity contribution in [3.63, 3.8) is 0 Å². The molecule has 0 heterocycles. The highest BCUT2D eigenvalue weighted by atomic mass is 79.9. The van der Waals surface area contributed by atoms with Gasteiger partial charge >= 0.3 is 0 Å². The summed E-state index contributed by atoms with van der Waals surface area (Å²) < 4.78 is 1.16. The van der Waals surface area contributed by atoms with Crippen molar-refractivity contribution in [3.8, 4) is 0 Å². The van der Waals surface area contributed by atoms with Gasteiger partial charge in [-0.15, -0.1) is 0 Å². The molecule has 108 valence electrons. The quantitative estimate of drug-likeness (QED) is 0.497. The van der Waals surface area contributed by atoms with E-state index in [0.717, 1.165) is 11.0 Å². The summed E-state index contributed by atoms with van der Waals surface area (Å²) in [7, 11) is 0. The summed E-state index contributed by atoms with van der Waals surface area (Å²) in [5.74, 6) is 0. The molecule has 1 nitrogen and oxygen atoms in total. The molecule has 0 atom stereocenters. The van der Waals surface area contributed by atoms with Gasteiger partial charge in [0, 0.05) is 16.7 Å². The number of halogens is 1. The Hall–Kier alpha value is -0.500. The third-order valence-electron chi connectivity index (χ3n) is 3.53. The molecule has 0 saturated heterocycles. The van der Waals surface area contributed by atoms with E-state index in [0.29, 0.717) is 0 Å². The van der Waals surface area contributed by atoms with E-state index in [9.17, 15) is 0 Å². The highest BCUT2D eigenvalue weighted by molar-refractivity contribution is 9.10. The van der Waals surface area contributed by atoms with Crippen LogP contribution in [0.3, 0.4) is 0 Å². The number of aryl methyl sites for hydroxylation is 1. The van der Waals surface area contributed by atoms with Gasteiger partial charge in [0.05, 0.1) is 0 Å². The van der Waals surface area contributed by atoms with Crippen LogP contribution in [0.2, 0.25) is 0 Å². The molecular weight excluding hydrogens is 298 g/mol. The Morgan fingerprint density at radius 3 is 2.21 bits per heavy atom. The average molecular weight is 326 g/mol. The largest absolute Gasteiger partial charge is 0.385 e. The van der Waals surface area contributed by atoms with Crippen LogP contribution in [0.5, 0.6) is 0 Å². The van der Waals surface area contributed by atoms with Crippen LogP contribution in [-0.2, 0) is 0 Å². The Morgan fingerprint density at radius 1 is 0.947 bits per heavy atom. The van der Waals surface area contributed by atoms with E-state index >= 15 is 0 Å². The van der Waals surface area contributed by atoms with Crippen molar-refractivity contribution in [2.75, 3.05) is 11.9 Å². The van der Waals surface area contributed by atoms with Gasteiger partial charge in [-0.3, -0.25) is 0 Å². The standard InChI is InChI=1S/C17H28BrN/c1-3-4-5-6-7-8-9-10-13-19-17-12-11-16(18)14-15(17)2/h11-12,14,19H,3-10,13H2,1-2H3. The molecule has 0 aromatic heterocycles. The van der Waals surface area contributed by atoms with Gasteiger partial charge in [0.2, 0.25) is 0 Å². The SMILES string of the molecule is CCCCCCCCCCNc1ccc(Br)cc1C. The summed E-state index contributed by atoms with van der Waals surface area (Å²) in [5, 5.41) is 3.53. The third-order valence-corrected chi connectivity index (χ3v) is 4.03. The van der Waals surface area contributed by atoms with Crippen molar-refractivity contribution < 1.29 is 0 Å². The smallest absolute Gasteiger partial charge is 0.0370 e. The topological polar surface area (TPSA) is 12.0 Å². The molecule has 0 unspecified atom stereocenters. The minimum absolute atomic E-state index is 1.09. The van der Waals surface area contributed by atoms with Crippen LogP contribution in [0.4, 0.5) is 5.69 Å². The summed E-state index contributed by atoms with van der Waals surface area (Å²) in [6.45, 7) is 5.52. The average Bonchev–Trinajstić information content (AvgIpc) is 2.39. The van der Waals surface area contributed by atoms with E-state index in [1.54, 1.807) is 0 Å². The lowest BCUT2D eigenvalue weighted by Crippen LogP contribution is -2.02. The lowest BCUT2D eigenvalue weighted by atomic mass is 10.1. The molecule has 19 heavy (non-hydrogen) atoms. The molecule has 0 aliphatic rings. The lowest BCUT2D eigenvalue weighted by molar-refractivity contribution is 0.581. The number of anilines is 1. The highest BCUT2D eigenvalue weighted by Crippen LogP contribution is 2.20. The maximum Gasteiger partial charge on any atom is 0.0370 e. The van der Waals surface area contributed by atoms with Crippen molar-refractivity contribution in [1.82, 2.24) is 0 Å². The minimum atomic E-state index is 1.09. The summed E-state index contributed by atoms with van der Waals surface area (Å²) in [4.78, 5) is 0. The van der Waals surface area contributed by atoms with Crippen LogP contribution in [0, 0.1) is 6.92 Å². The Balaban J connectivity index is 2.01. The van der Waals surface area contributed by atoms with Crippen molar-refractivity contribution in [3.05, 3.63) is 28.2 Å². The molecule has 0 amide bonds. The van der Waals surface area contributed by atoms with E-state index in [-0.39, 0.29) is 0 Å². The molecular formula is C17H28BrN. The maximum absolute atomic E-state index is 3.53. The van der Waals surface area contributed by atoms with Crippen molar-refractivity contribution in [2.24, 2.45) is 0 Å². The molecule has 0 spiro atoms. The van der Waals surface area contributed by atoms with E-state index in [1.165, 1.54) is 62.6 Å². The van der Waals surface area contributed by atoms with E-state index in [2.05, 4.69) is 53.3 Å². The first-order chi connectivity index (χ1) is 9.24. The van der Waals surface area contributed by atoms with E-state index in [4.69, 9.17) is 0 Å². The molecule has 0 radical (unpaired) electrons. The minimum Gasteiger partial charge on any atom is -0.385 e. The van der Waals surface area contributed by atoms with Crippen LogP contribution < -0.4 is 5.32 Å². The number of rotatable bonds is 10. The lowest BCUT2D eigenvalue weighted by Gasteiger charge is -2.09. The fraction of sp³-hybridized carbons (Fsp3) is 0.647. The van der Waals surface area contributed by atoms with Crippen LogP contribution in [0.25, 0.3) is 0 Å². The second kappa shape index (κ2) is 10.3. The van der Waals surface area contributed by atoms with Gasteiger partial charge < -0.3 is 5.32 Å². The molecule has 0 aliphatic carbocycles. The zero-order valence-electron chi connectivity index (χ0n) is 12.5. The predicted molar refractivity (Wildman–Crippen MR) is 90.0 cm³/mol. The second-order valence-corrected chi connectivity index (χ2v) is 6.28. The zero-order chi connectivity index (χ0) is 13.9. The maximum atomic E-state index is 3.53. The monoisotopic (exact) mass is 325 g/mol. The summed E-state index contributed by atoms with van der Waals surface area (Å²) in [6.07, 6.45) is 11.0. The van der Waals surface area contributed by atoms with Crippen LogP contribution in [0.1, 0.15) is 63.9 Å². The fourth-order valence-electron chi connectivity index (χ4n) is 2.31. The van der Waals surface area contributed by atoms with Crippen LogP contribution >= 0.6 is 15.9 Å². The molecule has 2 heteroatoms. The van der Waals surface area contributed by atoms with Crippen LogP contribution in [0.15, 0.2) is 22.7 Å². The van der Waals surface area contributed by atoms with Gasteiger partial charge in [0.1, 0.15) is 0 Å². The molecule has 0 saturated carbocycles. The Kier molecular flexibility index (Phi) is 8.98. The highest BCUT2D eigenvalue weighted by Gasteiger charge is 1.98. The molecule has 0 bridgehead atoms. The molecule has 0 fully saturated rings. The number of hydrogen-bond acceptors (Lipinski definition) is 1. The Labute approximate surface area is 127 Å². The molecule has 0 aliphatic heterocycles. The van der Waals surface area contributed by atoms with Crippen molar-refractivity contribution in [1.29, 1.82) is 0 Å². The van der Waals surface area contributed by atoms with Gasteiger partial charge in [0.25, 0.3) is 0 Å².